The summed E-state index contributed by atoms with van der Waals surface area (Å²) in [7, 11) is -0.901. The molecule has 0 unspecified atom stereocenters. The molecule has 0 aromatic heterocycles. The predicted octanol–water partition coefficient (Wildman–Crippen LogP) is 21.5. The second-order valence-corrected chi connectivity index (χ2v) is 31.3. The highest BCUT2D eigenvalue weighted by Gasteiger charge is 2.55. The van der Waals surface area contributed by atoms with Gasteiger partial charge < -0.3 is 28.4 Å². The lowest BCUT2D eigenvalue weighted by molar-refractivity contribution is 0.00578. The van der Waals surface area contributed by atoms with Crippen molar-refractivity contribution in [1.29, 1.82) is 0 Å². The molecule has 6 aliphatic rings. The van der Waals surface area contributed by atoms with Crippen molar-refractivity contribution in [2.45, 2.75) is 122 Å². The molecule has 0 amide bonds. The zero-order valence-corrected chi connectivity index (χ0v) is 58.6. The summed E-state index contributed by atoms with van der Waals surface area (Å²) in [5.74, 6) is 0. The number of benzene rings is 12. The predicted molar refractivity (Wildman–Crippen MR) is 410 cm³/mol. The topological polar surface area (TPSA) is 43.4 Å². The van der Waals surface area contributed by atoms with Crippen molar-refractivity contribution in [2.24, 2.45) is 0 Å². The summed E-state index contributed by atoms with van der Waals surface area (Å²) in [5.41, 5.74) is 30.9. The van der Waals surface area contributed by atoms with Gasteiger partial charge in [0.15, 0.2) is 0 Å². The summed E-state index contributed by atoms with van der Waals surface area (Å²) >= 11 is 0. The molecule has 6 nitrogen and oxygen atoms in total. The molecule has 12 aromatic carbocycles. The molecule has 0 N–H and O–H groups in total. The largest absolute Gasteiger partial charge is 0.494 e. The fraction of sp³-hybridized carbons (Fsp3) is 0.209. The zero-order valence-electron chi connectivity index (χ0n) is 58.6. The van der Waals surface area contributed by atoms with Gasteiger partial charge in [-0.1, -0.05) is 222 Å². The molecule has 4 aliphatic carbocycles. The Kier molecular flexibility index (Phi) is 13.4. The number of anilines is 6. The lowest BCUT2D eigenvalue weighted by Crippen LogP contribution is -2.41. The van der Waals surface area contributed by atoms with Crippen LogP contribution in [0.1, 0.15) is 128 Å². The van der Waals surface area contributed by atoms with Crippen LogP contribution in [0.4, 0.5) is 34.1 Å². The van der Waals surface area contributed by atoms with Crippen LogP contribution in [0.5, 0.6) is 0 Å². The second kappa shape index (κ2) is 21.6. The Morgan fingerprint density at radius 2 is 0.475 bits per heavy atom. The van der Waals surface area contributed by atoms with Crippen molar-refractivity contribution >= 4 is 59.3 Å². The van der Waals surface area contributed by atoms with Gasteiger partial charge in [0.25, 0.3) is 0 Å². The minimum absolute atomic E-state index is 0.317. The maximum Gasteiger partial charge on any atom is 0.494 e. The summed E-state index contributed by atoms with van der Waals surface area (Å²) in [5, 5.41) is 0. The molecule has 2 heterocycles. The normalized spacial score (nSPS) is 17.9. The SMILES string of the molecule is CC1(C)c2cc(B3OC(C)(C)C(C)(C)O3)ccc2-c2ccc(N(c3ccc(-c4ccc(N(c5ccc(-c6ccccc6)cc5)c5ccc6c(c5)C5(c7ccccc7-c7ccccc75)c5ccccc5-6)cc4)cc3)c3ccc4c(c3)C(C)(C)c3cc(B5OC(C)(C)C(C)(C)O5)ccc3-4)cc21. The van der Waals surface area contributed by atoms with Crippen molar-refractivity contribution in [3.05, 3.63) is 311 Å². The van der Waals surface area contributed by atoms with Crippen LogP contribution in [0.3, 0.4) is 0 Å². The maximum absolute atomic E-state index is 6.62. The smallest absolute Gasteiger partial charge is 0.399 e. The van der Waals surface area contributed by atoms with Gasteiger partial charge in [0.05, 0.1) is 27.8 Å². The van der Waals surface area contributed by atoms with Gasteiger partial charge in [-0.15, -0.1) is 0 Å². The van der Waals surface area contributed by atoms with E-state index < -0.39 is 42.1 Å². The highest BCUT2D eigenvalue weighted by Crippen LogP contribution is 2.64. The molecular formula is C91H80B2N2O4. The number of hydrogen-bond acceptors (Lipinski definition) is 6. The summed E-state index contributed by atoms with van der Waals surface area (Å²) < 4.78 is 26.5. The molecule has 8 heteroatoms. The van der Waals surface area contributed by atoms with Gasteiger partial charge in [0.2, 0.25) is 0 Å². The molecule has 2 aliphatic heterocycles. The first-order valence-corrected chi connectivity index (χ1v) is 35.2. The van der Waals surface area contributed by atoms with Gasteiger partial charge in [-0.25, -0.2) is 0 Å². The highest BCUT2D eigenvalue weighted by atomic mass is 16.7. The first-order chi connectivity index (χ1) is 47.5. The fourth-order valence-electron chi connectivity index (χ4n) is 17.2. The Morgan fingerprint density at radius 3 is 0.828 bits per heavy atom. The van der Waals surface area contributed by atoms with E-state index >= 15 is 0 Å². The van der Waals surface area contributed by atoms with E-state index in [0.29, 0.717) is 0 Å². The van der Waals surface area contributed by atoms with Crippen LogP contribution in [0.15, 0.2) is 267 Å². The van der Waals surface area contributed by atoms with Crippen LogP contribution in [-0.2, 0) is 34.9 Å². The van der Waals surface area contributed by atoms with Crippen molar-refractivity contribution in [1.82, 2.24) is 0 Å². The van der Waals surface area contributed by atoms with Crippen LogP contribution >= 0.6 is 0 Å². The maximum atomic E-state index is 6.62. The molecule has 0 saturated carbocycles. The summed E-state index contributed by atoms with van der Waals surface area (Å²) in [6.07, 6.45) is 0. The molecule has 0 radical (unpaired) electrons. The Labute approximate surface area is 584 Å². The molecular weight excluding hydrogens is 1210 g/mol. The van der Waals surface area contributed by atoms with Crippen LogP contribution in [0.25, 0.3) is 66.8 Å². The Bertz CT molecular complexity index is 5060. The van der Waals surface area contributed by atoms with Gasteiger partial charge in [-0.3, -0.25) is 0 Å². The van der Waals surface area contributed by atoms with E-state index in [-0.39, 0.29) is 10.8 Å². The van der Waals surface area contributed by atoms with Crippen LogP contribution < -0.4 is 20.7 Å². The molecule has 99 heavy (non-hydrogen) atoms. The van der Waals surface area contributed by atoms with Crippen molar-refractivity contribution < 1.29 is 18.6 Å². The van der Waals surface area contributed by atoms with E-state index in [0.717, 1.165) is 56.2 Å². The molecule has 12 aromatic rings. The first kappa shape index (κ1) is 61.5. The minimum atomic E-state index is -0.474. The minimum Gasteiger partial charge on any atom is -0.399 e. The molecule has 1 spiro atoms. The highest BCUT2D eigenvalue weighted by molar-refractivity contribution is 6.62. The molecule has 2 saturated heterocycles. The second-order valence-electron chi connectivity index (χ2n) is 31.3. The van der Waals surface area contributed by atoms with Gasteiger partial charge in [-0.05, 0) is 250 Å². The van der Waals surface area contributed by atoms with Crippen molar-refractivity contribution in [2.75, 3.05) is 9.80 Å². The summed E-state index contributed by atoms with van der Waals surface area (Å²) in [6, 6.07) is 100. The summed E-state index contributed by atoms with van der Waals surface area (Å²) in [4.78, 5) is 4.90. The van der Waals surface area contributed by atoms with Gasteiger partial charge in [-0.2, -0.15) is 0 Å². The van der Waals surface area contributed by atoms with E-state index in [1.807, 2.05) is 0 Å². The average Bonchev–Trinajstić information content (AvgIpc) is 1.51. The van der Waals surface area contributed by atoms with Gasteiger partial charge >= 0.3 is 14.2 Å². The molecule has 0 atom stereocenters. The number of hydrogen-bond donors (Lipinski definition) is 0. The quantitative estimate of drug-likeness (QED) is 0.127. The fourth-order valence-corrected chi connectivity index (χ4v) is 17.2. The first-order valence-electron chi connectivity index (χ1n) is 35.2. The third-order valence-electron chi connectivity index (χ3n) is 24.0. The van der Waals surface area contributed by atoms with Crippen molar-refractivity contribution in [3.8, 4) is 66.8 Å². The van der Waals surface area contributed by atoms with Gasteiger partial charge in [0.1, 0.15) is 0 Å². The van der Waals surface area contributed by atoms with Crippen LogP contribution in [0, 0.1) is 0 Å². The van der Waals surface area contributed by atoms with E-state index in [9.17, 15) is 0 Å². The zero-order chi connectivity index (χ0) is 67.9. The van der Waals surface area contributed by atoms with E-state index in [1.165, 1.54) is 100 Å². The van der Waals surface area contributed by atoms with E-state index in [4.69, 9.17) is 18.6 Å². The molecule has 0 bridgehead atoms. The van der Waals surface area contributed by atoms with Crippen molar-refractivity contribution in [3.63, 3.8) is 0 Å². The van der Waals surface area contributed by atoms with Crippen LogP contribution in [-0.4, -0.2) is 36.6 Å². The van der Waals surface area contributed by atoms with Gasteiger partial charge in [0, 0.05) is 45.0 Å². The standard InChI is InChI=1S/C91H80B2N2O4/c1-85(2)80-52-61(92-96-87(5,6)88(7,8)97-92)36-47-72(80)74-49-44-66(54-82(74)85)95(67-45-50-75-73-48-37-62(53-81(73)86(3,4)83(75)55-67)93-98-89(9,10)90(11,12)99-93)65-42-34-60(35-43-65)59-32-40-64(41-33-59)94(63-38-30-58(31-39-63)57-22-14-13-15-23-57)68-46-51-76-71-26-18-21-29-79(71)91(84(76)56-68)77-27-19-16-24-69(77)70-25-17-20-28-78(70)91/h13-56H,1-12H3. The number of fused-ring (bicyclic) bond motifs is 16. The van der Waals surface area contributed by atoms with E-state index in [1.54, 1.807) is 0 Å². The summed E-state index contributed by atoms with van der Waals surface area (Å²) in [6.45, 7) is 26.4. The third-order valence-corrected chi connectivity index (χ3v) is 24.0. The molecule has 2 fully saturated rings. The third kappa shape index (κ3) is 9.11. The Balaban J connectivity index is 0.722. The monoisotopic (exact) mass is 1290 g/mol. The average molecular weight is 1290 g/mol. The molecule has 18 rings (SSSR count). The van der Waals surface area contributed by atoms with Crippen LogP contribution in [0.2, 0.25) is 0 Å². The Hall–Kier alpha value is -9.79. The molecule has 484 valence electrons. The number of nitrogens with zero attached hydrogens (tertiary/aromatic N) is 2. The number of rotatable bonds is 10. The lowest BCUT2D eigenvalue weighted by Gasteiger charge is -2.32. The lowest BCUT2D eigenvalue weighted by atomic mass is 9.70. The van der Waals surface area contributed by atoms with E-state index in [2.05, 4.69) is 360 Å². The Morgan fingerprint density at radius 1 is 0.222 bits per heavy atom.